The van der Waals surface area contributed by atoms with Crippen LogP contribution in [0.3, 0.4) is 0 Å². The Bertz CT molecular complexity index is 1260. The van der Waals surface area contributed by atoms with Crippen molar-refractivity contribution in [3.63, 3.8) is 0 Å². The van der Waals surface area contributed by atoms with E-state index in [1.807, 2.05) is 0 Å². The van der Waals surface area contributed by atoms with E-state index in [2.05, 4.69) is 5.32 Å². The maximum Gasteiger partial charge on any atom is 0.350 e. The van der Waals surface area contributed by atoms with Crippen LogP contribution in [0.5, 0.6) is 11.5 Å². The van der Waals surface area contributed by atoms with Crippen LogP contribution < -0.4 is 20.5 Å². The van der Waals surface area contributed by atoms with Crippen molar-refractivity contribution in [3.8, 4) is 11.5 Å². The molecule has 218 valence electrons. The number of nitrogens with one attached hydrogen (secondary N) is 1. The number of rotatable bonds is 9. The first-order valence-corrected chi connectivity index (χ1v) is 13.4. The molecule has 0 radical (unpaired) electrons. The van der Waals surface area contributed by atoms with Crippen LogP contribution in [0.4, 0.5) is 13.2 Å². The predicted molar refractivity (Wildman–Crippen MR) is 143 cm³/mol. The van der Waals surface area contributed by atoms with Crippen molar-refractivity contribution in [1.29, 1.82) is 0 Å². The minimum atomic E-state index is -1.30. The van der Waals surface area contributed by atoms with Crippen LogP contribution in [0.15, 0.2) is 30.3 Å². The summed E-state index contributed by atoms with van der Waals surface area (Å²) >= 11 is 1.30. The van der Waals surface area contributed by atoms with Gasteiger partial charge in [0.15, 0.2) is 28.5 Å². The third-order valence-corrected chi connectivity index (χ3v) is 7.33. The number of carbonyl (C=O) groups is 3. The van der Waals surface area contributed by atoms with E-state index in [1.54, 1.807) is 25.1 Å². The van der Waals surface area contributed by atoms with Gasteiger partial charge in [-0.25, -0.2) is 18.0 Å². The van der Waals surface area contributed by atoms with Crippen LogP contribution in [0.2, 0.25) is 0 Å². The molecule has 2 aromatic carbocycles. The van der Waals surface area contributed by atoms with Gasteiger partial charge in [0, 0.05) is 37.4 Å². The van der Waals surface area contributed by atoms with Gasteiger partial charge < -0.3 is 30.2 Å². The minimum absolute atomic E-state index is 0. The highest BCUT2D eigenvalue weighted by Crippen LogP contribution is 2.33. The van der Waals surface area contributed by atoms with Crippen LogP contribution in [-0.4, -0.2) is 65.7 Å². The zero-order chi connectivity index (χ0) is 28.1. The smallest absolute Gasteiger partial charge is 0.350 e. The SMILES string of the molecule is CCOC(=O)C1COc2cc(CNC(=O)C3SCCN3C(=O)C[C@H](N)Cc3cc(F)c(F)cc3F)ccc2O1.Cl. The van der Waals surface area contributed by atoms with Gasteiger partial charge in [-0.3, -0.25) is 9.59 Å². The van der Waals surface area contributed by atoms with Crippen LogP contribution in [0.1, 0.15) is 24.5 Å². The van der Waals surface area contributed by atoms with Crippen molar-refractivity contribution in [2.45, 2.75) is 43.8 Å². The van der Waals surface area contributed by atoms with Crippen molar-refractivity contribution in [3.05, 3.63) is 58.9 Å². The number of fused-ring (bicyclic) bond motifs is 1. The second-order valence-corrected chi connectivity index (χ2v) is 10.2. The van der Waals surface area contributed by atoms with Crippen molar-refractivity contribution in [2.24, 2.45) is 5.73 Å². The van der Waals surface area contributed by atoms with E-state index >= 15 is 0 Å². The minimum Gasteiger partial charge on any atom is -0.485 e. The molecular formula is C26H29ClF3N3O6S. The molecule has 2 aliphatic heterocycles. The number of hydrogen-bond acceptors (Lipinski definition) is 8. The molecule has 2 amide bonds. The van der Waals surface area contributed by atoms with Gasteiger partial charge in [0.05, 0.1) is 6.61 Å². The van der Waals surface area contributed by atoms with Crippen molar-refractivity contribution < 1.29 is 41.8 Å². The fourth-order valence-electron chi connectivity index (χ4n) is 4.21. The van der Waals surface area contributed by atoms with E-state index in [-0.39, 0.29) is 56.5 Å². The second-order valence-electron chi connectivity index (χ2n) is 9.00. The number of esters is 1. The summed E-state index contributed by atoms with van der Waals surface area (Å²) in [6.45, 7) is 2.43. The summed E-state index contributed by atoms with van der Waals surface area (Å²) in [7, 11) is 0. The molecule has 9 nitrogen and oxygen atoms in total. The number of hydrogen-bond donors (Lipinski definition) is 2. The Morgan fingerprint density at radius 2 is 1.90 bits per heavy atom. The van der Waals surface area contributed by atoms with Gasteiger partial charge in [-0.2, -0.15) is 0 Å². The quantitative estimate of drug-likeness (QED) is 0.332. The number of thioether (sulfide) groups is 1. The van der Waals surface area contributed by atoms with E-state index in [0.29, 0.717) is 29.9 Å². The van der Waals surface area contributed by atoms with Gasteiger partial charge in [-0.15, -0.1) is 24.2 Å². The Kier molecular flexibility index (Phi) is 10.9. The lowest BCUT2D eigenvalue weighted by Crippen LogP contribution is -2.46. The lowest BCUT2D eigenvalue weighted by molar-refractivity contribution is -0.154. The number of halogens is 4. The Labute approximate surface area is 239 Å². The summed E-state index contributed by atoms with van der Waals surface area (Å²) in [5, 5.41) is 2.04. The summed E-state index contributed by atoms with van der Waals surface area (Å²) in [5.74, 6) is -3.36. The molecule has 3 atom stereocenters. The number of carbonyl (C=O) groups excluding carboxylic acids is 3. The van der Waals surface area contributed by atoms with E-state index in [0.717, 1.165) is 11.6 Å². The van der Waals surface area contributed by atoms with Crippen molar-refractivity contribution in [2.75, 3.05) is 25.5 Å². The molecule has 0 bridgehead atoms. The molecule has 40 heavy (non-hydrogen) atoms. The summed E-state index contributed by atoms with van der Waals surface area (Å²) in [5.41, 5.74) is 6.59. The fourth-order valence-corrected chi connectivity index (χ4v) is 5.38. The van der Waals surface area contributed by atoms with E-state index < -0.39 is 46.8 Å². The maximum absolute atomic E-state index is 13.9. The molecule has 0 aliphatic carbocycles. The van der Waals surface area contributed by atoms with E-state index in [4.69, 9.17) is 19.9 Å². The highest BCUT2D eigenvalue weighted by atomic mass is 35.5. The third kappa shape index (κ3) is 7.52. The van der Waals surface area contributed by atoms with Gasteiger partial charge in [0.1, 0.15) is 12.4 Å². The van der Waals surface area contributed by atoms with Crippen LogP contribution >= 0.6 is 24.2 Å². The number of amides is 2. The Balaban J connectivity index is 0.00000441. The Morgan fingerprint density at radius 3 is 2.65 bits per heavy atom. The van der Waals surface area contributed by atoms with Gasteiger partial charge in [-0.1, -0.05) is 6.07 Å². The molecule has 0 aromatic heterocycles. The zero-order valence-electron chi connectivity index (χ0n) is 21.5. The van der Waals surface area contributed by atoms with Crippen LogP contribution in [0, 0.1) is 17.5 Å². The average molecular weight is 604 g/mol. The predicted octanol–water partition coefficient (Wildman–Crippen LogP) is 2.71. The van der Waals surface area contributed by atoms with Crippen molar-refractivity contribution in [1.82, 2.24) is 10.2 Å². The first kappa shape index (κ1) is 31.4. The molecule has 1 saturated heterocycles. The molecule has 4 rings (SSSR count). The molecule has 2 aliphatic rings. The fraction of sp³-hybridized carbons (Fsp3) is 0.423. The summed E-state index contributed by atoms with van der Waals surface area (Å²) in [4.78, 5) is 39.1. The maximum atomic E-state index is 13.9. The Hall–Kier alpha value is -3.16. The standard InChI is InChI=1S/C26H28F3N3O6S.ClH/c1-2-36-26(35)22-13-37-21-7-14(3-4-20(21)38-22)12-31-24(34)25-32(5-6-39-25)23(33)10-16(30)8-15-9-18(28)19(29)11-17(15)27;/h3-4,7,9,11,16,22,25H,2,5-6,8,10,12-13,30H2,1H3,(H,31,34);1H/t16-,22?,25?;/m1./s1. The van der Waals surface area contributed by atoms with Gasteiger partial charge in [0.2, 0.25) is 12.0 Å². The lowest BCUT2D eigenvalue weighted by Gasteiger charge is -2.26. The average Bonchev–Trinajstić information content (AvgIpc) is 3.40. The largest absolute Gasteiger partial charge is 0.485 e. The molecule has 2 heterocycles. The van der Waals surface area contributed by atoms with E-state index in [1.165, 1.54) is 16.7 Å². The molecular weight excluding hydrogens is 575 g/mol. The molecule has 1 fully saturated rings. The summed E-state index contributed by atoms with van der Waals surface area (Å²) in [6, 6.07) is 5.37. The zero-order valence-corrected chi connectivity index (χ0v) is 23.1. The summed E-state index contributed by atoms with van der Waals surface area (Å²) in [6.07, 6.45) is -1.22. The van der Waals surface area contributed by atoms with E-state index in [9.17, 15) is 27.6 Å². The topological polar surface area (TPSA) is 120 Å². The Morgan fingerprint density at radius 1 is 1.15 bits per heavy atom. The van der Waals surface area contributed by atoms with Crippen LogP contribution in [0.25, 0.3) is 0 Å². The normalized spacial score (nSPS) is 18.5. The summed E-state index contributed by atoms with van der Waals surface area (Å²) < 4.78 is 56.8. The van der Waals surface area contributed by atoms with Crippen molar-refractivity contribution >= 4 is 42.0 Å². The number of ether oxygens (including phenoxy) is 3. The van der Waals surface area contributed by atoms with Gasteiger partial charge in [-0.05, 0) is 42.7 Å². The van der Waals surface area contributed by atoms with Gasteiger partial charge >= 0.3 is 5.97 Å². The number of nitrogens with zero attached hydrogens (tertiary/aromatic N) is 1. The molecule has 3 N–H and O–H groups in total. The van der Waals surface area contributed by atoms with Crippen LogP contribution in [-0.2, 0) is 32.1 Å². The monoisotopic (exact) mass is 603 g/mol. The molecule has 14 heteroatoms. The number of nitrogens with two attached hydrogens (primary N) is 1. The first-order chi connectivity index (χ1) is 18.7. The highest BCUT2D eigenvalue weighted by Gasteiger charge is 2.35. The first-order valence-electron chi connectivity index (χ1n) is 12.3. The molecule has 0 spiro atoms. The molecule has 2 unspecified atom stereocenters. The second kappa shape index (κ2) is 14.0. The number of benzene rings is 2. The third-order valence-electron chi connectivity index (χ3n) is 6.13. The van der Waals surface area contributed by atoms with Gasteiger partial charge in [0.25, 0.3) is 5.91 Å². The molecule has 0 saturated carbocycles. The highest BCUT2D eigenvalue weighted by molar-refractivity contribution is 8.00. The molecule has 2 aromatic rings. The lowest BCUT2D eigenvalue weighted by atomic mass is 10.0.